The summed E-state index contributed by atoms with van der Waals surface area (Å²) in [5, 5.41) is 2.70. The maximum Gasteiger partial charge on any atom is 0.243 e. The average Bonchev–Trinajstić information content (AvgIpc) is 2.94. The Balaban J connectivity index is 1.83. The minimum Gasteiger partial charge on any atom is -0.345 e. The molecular weight excluding hydrogens is 230 g/mol. The van der Waals surface area contributed by atoms with Crippen LogP contribution in [-0.2, 0) is 9.59 Å². The molecule has 3 fully saturated rings. The predicted octanol–water partition coefficient (Wildman–Crippen LogP) is -0.0399. The molecule has 0 aromatic carbocycles. The molecule has 0 aromatic heterocycles. The van der Waals surface area contributed by atoms with Gasteiger partial charge in [-0.05, 0) is 32.2 Å². The third-order valence-electron chi connectivity index (χ3n) is 4.65. The highest BCUT2D eigenvalue weighted by Crippen LogP contribution is 2.33. The van der Waals surface area contributed by atoms with Crippen molar-refractivity contribution in [2.45, 2.75) is 50.7 Å². The Bertz CT molecular complexity index is 371. The van der Waals surface area contributed by atoms with E-state index in [9.17, 15) is 9.59 Å². The molecule has 3 saturated heterocycles. The summed E-state index contributed by atoms with van der Waals surface area (Å²) in [6, 6.07) is 0.502. The number of fused-ring (bicyclic) bond motifs is 1. The van der Waals surface area contributed by atoms with Gasteiger partial charge in [0.2, 0.25) is 11.8 Å². The van der Waals surface area contributed by atoms with Gasteiger partial charge in [-0.3, -0.25) is 14.5 Å². The lowest BCUT2D eigenvalue weighted by molar-refractivity contribution is -0.148. The largest absolute Gasteiger partial charge is 0.345 e. The van der Waals surface area contributed by atoms with Crippen molar-refractivity contribution in [1.82, 2.24) is 15.1 Å². The second-order valence-electron chi connectivity index (χ2n) is 5.54. The number of rotatable bonds is 2. The lowest BCUT2D eigenvalue weighted by Gasteiger charge is -2.40. The number of hydrogen-bond acceptors (Lipinski definition) is 3. The monoisotopic (exact) mass is 251 g/mol. The second kappa shape index (κ2) is 4.53. The summed E-state index contributed by atoms with van der Waals surface area (Å²) in [5.74, 6) is 0.119. The topological polar surface area (TPSA) is 52.7 Å². The molecule has 100 valence electrons. The van der Waals surface area contributed by atoms with Gasteiger partial charge in [-0.15, -0.1) is 0 Å². The van der Waals surface area contributed by atoms with Crippen LogP contribution in [0.3, 0.4) is 0 Å². The Hall–Kier alpha value is -1.10. The first-order valence-corrected chi connectivity index (χ1v) is 7.05. The van der Waals surface area contributed by atoms with Crippen LogP contribution in [-0.4, -0.2) is 59.4 Å². The third-order valence-corrected chi connectivity index (χ3v) is 4.65. The van der Waals surface area contributed by atoms with E-state index in [1.54, 1.807) is 0 Å². The molecule has 3 aliphatic heterocycles. The highest BCUT2D eigenvalue weighted by molar-refractivity contribution is 5.95. The summed E-state index contributed by atoms with van der Waals surface area (Å²) in [6.07, 6.45) is 4.14. The van der Waals surface area contributed by atoms with Crippen LogP contribution >= 0.6 is 0 Å². The third kappa shape index (κ3) is 1.72. The van der Waals surface area contributed by atoms with Crippen molar-refractivity contribution >= 4 is 11.8 Å². The summed E-state index contributed by atoms with van der Waals surface area (Å²) >= 11 is 0. The fourth-order valence-electron chi connectivity index (χ4n) is 3.85. The van der Waals surface area contributed by atoms with E-state index in [-0.39, 0.29) is 30.4 Å². The van der Waals surface area contributed by atoms with Gasteiger partial charge >= 0.3 is 0 Å². The minimum absolute atomic E-state index is 0.0218. The lowest BCUT2D eigenvalue weighted by Crippen LogP contribution is -2.62. The van der Waals surface area contributed by atoms with Gasteiger partial charge in [-0.1, -0.05) is 6.92 Å². The molecule has 2 amide bonds. The molecule has 3 rings (SSSR count). The van der Waals surface area contributed by atoms with Crippen molar-refractivity contribution in [3.63, 3.8) is 0 Å². The Kier molecular flexibility index (Phi) is 3.01. The highest BCUT2D eigenvalue weighted by atomic mass is 16.2. The van der Waals surface area contributed by atoms with Gasteiger partial charge < -0.3 is 10.2 Å². The minimum atomic E-state index is -0.253. The molecule has 18 heavy (non-hydrogen) atoms. The van der Waals surface area contributed by atoms with Crippen LogP contribution in [0.15, 0.2) is 0 Å². The van der Waals surface area contributed by atoms with E-state index in [1.165, 1.54) is 12.8 Å². The molecule has 3 aliphatic rings. The second-order valence-corrected chi connectivity index (χ2v) is 5.54. The highest BCUT2D eigenvalue weighted by Gasteiger charge is 2.46. The smallest absolute Gasteiger partial charge is 0.243 e. The maximum atomic E-state index is 12.2. The van der Waals surface area contributed by atoms with E-state index in [0.29, 0.717) is 12.5 Å². The summed E-state index contributed by atoms with van der Waals surface area (Å²) in [5.41, 5.74) is 0. The molecule has 0 radical (unpaired) electrons. The van der Waals surface area contributed by atoms with Gasteiger partial charge in [0.15, 0.2) is 0 Å². The van der Waals surface area contributed by atoms with Crippen molar-refractivity contribution in [2.75, 3.05) is 19.6 Å². The van der Waals surface area contributed by atoms with Crippen molar-refractivity contribution in [3.05, 3.63) is 0 Å². The molecule has 3 atom stereocenters. The van der Waals surface area contributed by atoms with Gasteiger partial charge in [0, 0.05) is 18.6 Å². The van der Waals surface area contributed by atoms with Gasteiger partial charge in [0.25, 0.3) is 0 Å². The molecule has 3 unspecified atom stereocenters. The van der Waals surface area contributed by atoms with E-state index in [0.717, 1.165) is 19.5 Å². The number of nitrogens with one attached hydrogen (secondary N) is 1. The van der Waals surface area contributed by atoms with Crippen molar-refractivity contribution in [1.29, 1.82) is 0 Å². The molecule has 0 saturated carbocycles. The van der Waals surface area contributed by atoms with Crippen LogP contribution in [0.2, 0.25) is 0 Å². The molecule has 0 aliphatic carbocycles. The molecule has 0 bridgehead atoms. The number of amides is 2. The quantitative estimate of drug-likeness (QED) is 0.749. The Morgan fingerprint density at radius 3 is 2.83 bits per heavy atom. The summed E-state index contributed by atoms with van der Waals surface area (Å²) in [4.78, 5) is 28.5. The Morgan fingerprint density at radius 1 is 1.22 bits per heavy atom. The molecule has 1 N–H and O–H groups in total. The SMILES string of the molecule is CCC1C(=O)NCC(=O)N1C1CCN2CCCC12. The standard InChI is InChI=1S/C13H21N3O2/c1-2-9-13(18)14-8-12(17)16(9)11-5-7-15-6-3-4-10(11)15/h9-11H,2-8H2,1H3,(H,14,18). The van der Waals surface area contributed by atoms with Crippen LogP contribution in [0.4, 0.5) is 0 Å². The van der Waals surface area contributed by atoms with Gasteiger partial charge in [-0.25, -0.2) is 0 Å². The Morgan fingerprint density at radius 2 is 2.06 bits per heavy atom. The lowest BCUT2D eigenvalue weighted by atomic mass is 9.99. The number of nitrogens with zero attached hydrogens (tertiary/aromatic N) is 2. The summed E-state index contributed by atoms with van der Waals surface area (Å²) < 4.78 is 0. The van der Waals surface area contributed by atoms with Crippen molar-refractivity contribution in [2.24, 2.45) is 0 Å². The summed E-state index contributed by atoms with van der Waals surface area (Å²) in [7, 11) is 0. The van der Waals surface area contributed by atoms with E-state index in [4.69, 9.17) is 0 Å². The first kappa shape index (κ1) is 12.0. The predicted molar refractivity (Wildman–Crippen MR) is 66.9 cm³/mol. The first-order valence-electron chi connectivity index (χ1n) is 7.05. The number of carbonyl (C=O) groups is 2. The van der Waals surface area contributed by atoms with Gasteiger partial charge in [0.05, 0.1) is 6.54 Å². The molecule has 5 heteroatoms. The first-order chi connectivity index (χ1) is 8.72. The van der Waals surface area contributed by atoms with E-state index >= 15 is 0 Å². The zero-order valence-electron chi connectivity index (χ0n) is 10.9. The number of piperazine rings is 1. The van der Waals surface area contributed by atoms with E-state index in [1.807, 2.05) is 11.8 Å². The molecule has 0 aromatic rings. The maximum absolute atomic E-state index is 12.2. The van der Waals surface area contributed by atoms with Crippen LogP contribution in [0.5, 0.6) is 0 Å². The normalized spacial score (nSPS) is 36.9. The summed E-state index contributed by atoms with van der Waals surface area (Å²) in [6.45, 7) is 4.40. The molecule has 5 nitrogen and oxygen atoms in total. The van der Waals surface area contributed by atoms with Gasteiger partial charge in [0.1, 0.15) is 6.04 Å². The molecule has 3 heterocycles. The van der Waals surface area contributed by atoms with Crippen LogP contribution in [0.25, 0.3) is 0 Å². The average molecular weight is 251 g/mol. The van der Waals surface area contributed by atoms with Crippen molar-refractivity contribution < 1.29 is 9.59 Å². The molecular formula is C13H21N3O2. The number of carbonyl (C=O) groups excluding carboxylic acids is 2. The zero-order chi connectivity index (χ0) is 12.7. The van der Waals surface area contributed by atoms with E-state index in [2.05, 4.69) is 10.2 Å². The molecule has 0 spiro atoms. The van der Waals surface area contributed by atoms with Crippen LogP contribution in [0, 0.1) is 0 Å². The fourth-order valence-corrected chi connectivity index (χ4v) is 3.85. The van der Waals surface area contributed by atoms with E-state index < -0.39 is 0 Å². The van der Waals surface area contributed by atoms with Crippen molar-refractivity contribution in [3.8, 4) is 0 Å². The van der Waals surface area contributed by atoms with Gasteiger partial charge in [-0.2, -0.15) is 0 Å². The van der Waals surface area contributed by atoms with Crippen LogP contribution < -0.4 is 5.32 Å². The number of hydrogen-bond donors (Lipinski definition) is 1. The Labute approximate surface area is 107 Å². The zero-order valence-corrected chi connectivity index (χ0v) is 10.9. The van der Waals surface area contributed by atoms with Crippen LogP contribution in [0.1, 0.15) is 32.6 Å². The fraction of sp³-hybridized carbons (Fsp3) is 0.846.